The Morgan fingerprint density at radius 3 is 3.00 bits per heavy atom. The number of nitrogens with two attached hydrogens (primary N) is 1. The lowest BCUT2D eigenvalue weighted by Crippen LogP contribution is -2.31. The molecule has 1 aromatic heterocycles. The Balaban J connectivity index is 2.07. The molecule has 0 aromatic carbocycles. The maximum absolute atomic E-state index is 12.0. The minimum atomic E-state index is -0.367. The third kappa shape index (κ3) is 2.55. The number of aromatic nitrogens is 1. The molecule has 0 radical (unpaired) electrons. The van der Waals surface area contributed by atoms with Crippen molar-refractivity contribution in [1.29, 1.82) is 0 Å². The fourth-order valence-corrected chi connectivity index (χ4v) is 1.95. The van der Waals surface area contributed by atoms with Gasteiger partial charge in [0, 0.05) is 6.61 Å². The predicted octanol–water partition coefficient (Wildman–Crippen LogP) is 1.34. The van der Waals surface area contributed by atoms with Gasteiger partial charge in [0.1, 0.15) is 11.9 Å². The smallest absolute Gasteiger partial charge is 0.254 e. The number of pyridine rings is 1. The van der Waals surface area contributed by atoms with Gasteiger partial charge < -0.3 is 15.8 Å². The molecular weight excluding hydrogens is 218 g/mol. The monoisotopic (exact) mass is 235 g/mol. The van der Waals surface area contributed by atoms with E-state index in [0.717, 1.165) is 12.0 Å². The second-order valence-corrected chi connectivity index (χ2v) is 4.48. The van der Waals surface area contributed by atoms with Gasteiger partial charge in [-0.25, -0.2) is 4.98 Å². The first-order valence-electron chi connectivity index (χ1n) is 5.72. The second kappa shape index (κ2) is 4.71. The number of amides is 1. The molecule has 1 amide bonds. The number of ether oxygens (including phenoxy) is 1. The van der Waals surface area contributed by atoms with E-state index in [4.69, 9.17) is 10.5 Å². The van der Waals surface area contributed by atoms with Gasteiger partial charge in [0.05, 0.1) is 11.9 Å². The van der Waals surface area contributed by atoms with Crippen LogP contribution in [0.2, 0.25) is 0 Å². The maximum atomic E-state index is 12.0. The van der Waals surface area contributed by atoms with Gasteiger partial charge in [-0.1, -0.05) is 6.92 Å². The number of anilines is 2. The molecule has 0 saturated carbocycles. The summed E-state index contributed by atoms with van der Waals surface area (Å²) >= 11 is 0. The summed E-state index contributed by atoms with van der Waals surface area (Å²) in [5, 5.41) is 2.78. The third-order valence-electron chi connectivity index (χ3n) is 2.99. The Labute approximate surface area is 100 Å². The van der Waals surface area contributed by atoms with Crippen LogP contribution in [0.25, 0.3) is 0 Å². The van der Waals surface area contributed by atoms with Gasteiger partial charge >= 0.3 is 0 Å². The topological polar surface area (TPSA) is 77.2 Å². The van der Waals surface area contributed by atoms with E-state index < -0.39 is 0 Å². The van der Waals surface area contributed by atoms with Crippen molar-refractivity contribution in [2.24, 2.45) is 5.92 Å². The average molecular weight is 235 g/mol. The SMILES string of the molecule is Cc1cc(N)cnc1NC(=O)C1OCCC1C. The van der Waals surface area contributed by atoms with Gasteiger partial charge in [0.25, 0.3) is 5.91 Å². The fraction of sp³-hybridized carbons (Fsp3) is 0.500. The van der Waals surface area contributed by atoms with Crippen molar-refractivity contribution in [2.75, 3.05) is 17.7 Å². The van der Waals surface area contributed by atoms with Crippen LogP contribution in [0.5, 0.6) is 0 Å². The van der Waals surface area contributed by atoms with Crippen molar-refractivity contribution in [2.45, 2.75) is 26.4 Å². The Hall–Kier alpha value is -1.62. The van der Waals surface area contributed by atoms with Crippen molar-refractivity contribution in [1.82, 2.24) is 4.98 Å². The van der Waals surface area contributed by atoms with Crippen LogP contribution in [-0.4, -0.2) is 23.6 Å². The third-order valence-corrected chi connectivity index (χ3v) is 2.99. The molecule has 5 heteroatoms. The van der Waals surface area contributed by atoms with Crippen molar-refractivity contribution in [3.05, 3.63) is 17.8 Å². The molecule has 1 fully saturated rings. The summed E-state index contributed by atoms with van der Waals surface area (Å²) in [6.07, 6.45) is 2.09. The van der Waals surface area contributed by atoms with Crippen LogP contribution in [-0.2, 0) is 9.53 Å². The summed E-state index contributed by atoms with van der Waals surface area (Å²) in [5.41, 5.74) is 7.04. The number of carbonyl (C=O) groups is 1. The van der Waals surface area contributed by atoms with Crippen molar-refractivity contribution in [3.8, 4) is 0 Å². The van der Waals surface area contributed by atoms with Crippen molar-refractivity contribution < 1.29 is 9.53 Å². The normalized spacial score (nSPS) is 23.6. The molecule has 1 aromatic rings. The zero-order chi connectivity index (χ0) is 12.4. The molecule has 0 spiro atoms. The van der Waals surface area contributed by atoms with Crippen molar-refractivity contribution in [3.63, 3.8) is 0 Å². The summed E-state index contributed by atoms with van der Waals surface area (Å²) < 4.78 is 5.40. The summed E-state index contributed by atoms with van der Waals surface area (Å²) in [6.45, 7) is 4.52. The summed E-state index contributed by atoms with van der Waals surface area (Å²) in [7, 11) is 0. The Morgan fingerprint density at radius 2 is 2.41 bits per heavy atom. The van der Waals surface area contributed by atoms with E-state index in [2.05, 4.69) is 10.3 Å². The number of hydrogen-bond acceptors (Lipinski definition) is 4. The lowest BCUT2D eigenvalue weighted by molar-refractivity contribution is -0.126. The van der Waals surface area contributed by atoms with Gasteiger partial charge in [-0.05, 0) is 30.9 Å². The van der Waals surface area contributed by atoms with Crippen LogP contribution >= 0.6 is 0 Å². The number of hydrogen-bond donors (Lipinski definition) is 2. The van der Waals surface area contributed by atoms with Crippen LogP contribution in [0.3, 0.4) is 0 Å². The zero-order valence-corrected chi connectivity index (χ0v) is 10.1. The highest BCUT2D eigenvalue weighted by molar-refractivity contribution is 5.94. The Bertz CT molecular complexity index is 434. The highest BCUT2D eigenvalue weighted by Gasteiger charge is 2.31. The first-order valence-corrected chi connectivity index (χ1v) is 5.72. The number of nitrogen functional groups attached to an aromatic ring is 1. The van der Waals surface area contributed by atoms with Crippen LogP contribution in [0.15, 0.2) is 12.3 Å². The number of nitrogens with one attached hydrogen (secondary N) is 1. The molecule has 2 atom stereocenters. The molecule has 1 aliphatic heterocycles. The van der Waals surface area contributed by atoms with Gasteiger partial charge in [-0.3, -0.25) is 4.79 Å². The van der Waals surface area contributed by atoms with E-state index in [0.29, 0.717) is 18.1 Å². The lowest BCUT2D eigenvalue weighted by Gasteiger charge is -2.15. The van der Waals surface area contributed by atoms with E-state index in [-0.39, 0.29) is 17.9 Å². The Morgan fingerprint density at radius 1 is 1.65 bits per heavy atom. The quantitative estimate of drug-likeness (QED) is 0.810. The van der Waals surface area contributed by atoms with Crippen LogP contribution in [0, 0.1) is 12.8 Å². The molecule has 0 aliphatic carbocycles. The molecule has 2 rings (SSSR count). The number of carbonyl (C=O) groups excluding carboxylic acids is 1. The highest BCUT2D eigenvalue weighted by Crippen LogP contribution is 2.22. The molecular formula is C12H17N3O2. The molecule has 3 N–H and O–H groups in total. The Kier molecular flexibility index (Phi) is 3.28. The van der Waals surface area contributed by atoms with Gasteiger partial charge in [0.15, 0.2) is 0 Å². The molecule has 1 aliphatic rings. The largest absolute Gasteiger partial charge is 0.397 e. The predicted molar refractivity (Wildman–Crippen MR) is 65.5 cm³/mol. The van der Waals surface area contributed by atoms with E-state index in [1.807, 2.05) is 13.8 Å². The molecule has 92 valence electrons. The summed E-state index contributed by atoms with van der Waals surface area (Å²) in [4.78, 5) is 16.1. The standard InChI is InChI=1S/C12H17N3O2/c1-7-3-4-17-10(7)12(16)15-11-8(2)5-9(13)6-14-11/h5-7,10H,3-4,13H2,1-2H3,(H,14,15,16). The number of aryl methyl sites for hydroxylation is 1. The van der Waals surface area contributed by atoms with Crippen molar-refractivity contribution >= 4 is 17.4 Å². The van der Waals surface area contributed by atoms with E-state index in [1.54, 1.807) is 6.07 Å². The highest BCUT2D eigenvalue weighted by atomic mass is 16.5. The lowest BCUT2D eigenvalue weighted by atomic mass is 10.0. The molecule has 1 saturated heterocycles. The van der Waals surface area contributed by atoms with E-state index in [9.17, 15) is 4.79 Å². The maximum Gasteiger partial charge on any atom is 0.254 e. The van der Waals surface area contributed by atoms with E-state index >= 15 is 0 Å². The minimum absolute atomic E-state index is 0.129. The first kappa shape index (κ1) is 11.9. The second-order valence-electron chi connectivity index (χ2n) is 4.48. The summed E-state index contributed by atoms with van der Waals surface area (Å²) in [5.74, 6) is 0.673. The molecule has 17 heavy (non-hydrogen) atoms. The minimum Gasteiger partial charge on any atom is -0.397 e. The summed E-state index contributed by atoms with van der Waals surface area (Å²) in [6, 6.07) is 1.78. The fourth-order valence-electron chi connectivity index (χ4n) is 1.95. The molecule has 2 heterocycles. The first-order chi connectivity index (χ1) is 8.08. The molecule has 5 nitrogen and oxygen atoms in total. The van der Waals surface area contributed by atoms with Crippen LogP contribution in [0.4, 0.5) is 11.5 Å². The number of rotatable bonds is 2. The zero-order valence-electron chi connectivity index (χ0n) is 10.1. The molecule has 2 unspecified atom stereocenters. The van der Waals surface area contributed by atoms with Crippen LogP contribution in [0.1, 0.15) is 18.9 Å². The van der Waals surface area contributed by atoms with Crippen LogP contribution < -0.4 is 11.1 Å². The molecule has 0 bridgehead atoms. The average Bonchev–Trinajstić information content (AvgIpc) is 2.68. The van der Waals surface area contributed by atoms with Gasteiger partial charge in [0.2, 0.25) is 0 Å². The van der Waals surface area contributed by atoms with Gasteiger partial charge in [-0.2, -0.15) is 0 Å². The van der Waals surface area contributed by atoms with E-state index in [1.165, 1.54) is 6.20 Å². The van der Waals surface area contributed by atoms with Gasteiger partial charge in [-0.15, -0.1) is 0 Å². The number of nitrogens with zero attached hydrogens (tertiary/aromatic N) is 1.